The Kier molecular flexibility index (Phi) is 8.78. The largest absolute Gasteiger partial charge is 0.441 e. The number of ether oxygens (including phenoxy) is 1. The molecule has 2 unspecified atom stereocenters. The number of nitrogens with one attached hydrogen (secondary N) is 1. The van der Waals surface area contributed by atoms with Crippen molar-refractivity contribution in [2.24, 2.45) is 11.8 Å². The quantitative estimate of drug-likeness (QED) is 0.376. The molecule has 1 N–H and O–H groups in total. The Labute approximate surface area is 245 Å². The number of halogens is 6. The molecule has 2 saturated heterocycles. The van der Waals surface area contributed by atoms with Gasteiger partial charge in [-0.15, -0.1) is 0 Å². The minimum atomic E-state index is -4.41. The molecule has 1 spiro atoms. The lowest BCUT2D eigenvalue weighted by Gasteiger charge is -2.37. The van der Waals surface area contributed by atoms with Crippen LogP contribution in [0.1, 0.15) is 36.8 Å². The molecule has 1 aromatic rings. The fourth-order valence-corrected chi connectivity index (χ4v) is 5.89. The first-order valence-corrected chi connectivity index (χ1v) is 14.3. The maximum Gasteiger partial charge on any atom is 0.416 e. The molecule has 0 saturated carbocycles. The Bertz CT molecular complexity index is 1320. The summed E-state index contributed by atoms with van der Waals surface area (Å²) in [5, 5.41) is 2.76. The van der Waals surface area contributed by atoms with E-state index in [1.807, 2.05) is 6.08 Å². The number of likely N-dealkylation sites (tertiary alicyclic amines) is 1. The molecular weight excluding hydrogens is 576 g/mol. The van der Waals surface area contributed by atoms with Crippen LogP contribution < -0.4 is 5.32 Å². The summed E-state index contributed by atoms with van der Waals surface area (Å²) in [4.78, 5) is 29.1. The molecule has 4 aliphatic rings. The van der Waals surface area contributed by atoms with Crippen molar-refractivity contribution < 1.29 is 40.7 Å². The van der Waals surface area contributed by atoms with Crippen molar-refractivity contribution >= 4 is 12.0 Å². The predicted octanol–water partition coefficient (Wildman–Crippen LogP) is 6.18. The van der Waals surface area contributed by atoms with Crippen LogP contribution in [0.4, 0.5) is 31.1 Å². The third kappa shape index (κ3) is 7.70. The highest BCUT2D eigenvalue weighted by Crippen LogP contribution is 2.35. The van der Waals surface area contributed by atoms with Gasteiger partial charge in [0.1, 0.15) is 5.60 Å². The van der Waals surface area contributed by atoms with Crippen LogP contribution in [0.3, 0.4) is 0 Å². The van der Waals surface area contributed by atoms with Gasteiger partial charge in [-0.2, -0.15) is 26.3 Å². The number of nitrogens with zero attached hydrogens (tertiary/aromatic N) is 2. The molecule has 0 bridgehead atoms. The summed E-state index contributed by atoms with van der Waals surface area (Å²) in [5.74, 6) is -1.13. The van der Waals surface area contributed by atoms with Crippen molar-refractivity contribution in [3.05, 3.63) is 83.0 Å². The molecule has 12 heteroatoms. The Morgan fingerprint density at radius 1 is 0.977 bits per heavy atom. The Hall–Kier alpha value is -3.54. The summed E-state index contributed by atoms with van der Waals surface area (Å²) >= 11 is 0. The zero-order valence-corrected chi connectivity index (χ0v) is 23.4. The molecule has 232 valence electrons. The Morgan fingerprint density at radius 3 is 2.33 bits per heavy atom. The molecule has 2 atom stereocenters. The second kappa shape index (κ2) is 12.2. The number of piperidine rings is 1. The van der Waals surface area contributed by atoms with Crippen molar-refractivity contribution in [1.29, 1.82) is 0 Å². The van der Waals surface area contributed by atoms with Crippen LogP contribution in [0, 0.1) is 11.8 Å². The number of rotatable bonds is 7. The Morgan fingerprint density at radius 2 is 1.70 bits per heavy atom. The lowest BCUT2D eigenvalue weighted by molar-refractivity contribution is -0.137. The van der Waals surface area contributed by atoms with E-state index in [2.05, 4.69) is 10.2 Å². The van der Waals surface area contributed by atoms with E-state index < -0.39 is 47.0 Å². The molecule has 2 aliphatic heterocycles. The summed E-state index contributed by atoms with van der Waals surface area (Å²) < 4.78 is 83.2. The first-order valence-electron chi connectivity index (χ1n) is 14.3. The average Bonchev–Trinajstić information content (AvgIpc) is 3.26. The molecule has 0 radical (unpaired) electrons. The van der Waals surface area contributed by atoms with Crippen molar-refractivity contribution in [1.82, 2.24) is 15.1 Å². The van der Waals surface area contributed by atoms with Gasteiger partial charge in [-0.1, -0.05) is 48.6 Å². The average molecular weight is 610 g/mol. The first kappa shape index (κ1) is 30.9. The van der Waals surface area contributed by atoms with E-state index in [1.165, 1.54) is 18.2 Å². The van der Waals surface area contributed by atoms with Gasteiger partial charge in [-0.3, -0.25) is 14.6 Å². The van der Waals surface area contributed by atoms with Gasteiger partial charge in [0.15, 0.2) is 0 Å². The second-order valence-corrected chi connectivity index (χ2v) is 11.6. The monoisotopic (exact) mass is 609 g/mol. The summed E-state index contributed by atoms with van der Waals surface area (Å²) in [5.41, 5.74) is -0.327. The second-order valence-electron chi connectivity index (χ2n) is 11.6. The molecule has 43 heavy (non-hydrogen) atoms. The standard InChI is InChI=1S/C31H33F6N3O3/c32-30(33,34)25-10-6-21(7-11-25)18-39-14-12-29(13-15-39)20-40(28(42)43-29)19-22-4-8-24(9-5-22)27(41)38-17-23-2-1-3-26(16-23)31(35,36)37/h1,3-8,10-11,16,23-24H,2,9,12-15,17-20H2,(H,38,41). The van der Waals surface area contributed by atoms with Crippen LogP contribution in [0.25, 0.3) is 0 Å². The van der Waals surface area contributed by atoms with Gasteiger partial charge in [-0.25, -0.2) is 4.79 Å². The molecule has 1 aromatic carbocycles. The summed E-state index contributed by atoms with van der Waals surface area (Å²) in [7, 11) is 0. The van der Waals surface area contributed by atoms with Crippen LogP contribution in [0.5, 0.6) is 0 Å². The van der Waals surface area contributed by atoms with Crippen molar-refractivity contribution in [3.63, 3.8) is 0 Å². The number of allylic oxidation sites excluding steroid dienone is 4. The van der Waals surface area contributed by atoms with E-state index in [4.69, 9.17) is 4.74 Å². The number of amides is 2. The topological polar surface area (TPSA) is 61.9 Å². The molecule has 5 rings (SSSR count). The highest BCUT2D eigenvalue weighted by Gasteiger charge is 2.47. The van der Waals surface area contributed by atoms with Gasteiger partial charge < -0.3 is 10.1 Å². The number of alkyl halides is 6. The maximum absolute atomic E-state index is 13.0. The number of carbonyl (C=O) groups excluding carboxylic acids is 2. The zero-order valence-electron chi connectivity index (χ0n) is 23.4. The zero-order chi connectivity index (χ0) is 30.8. The Balaban J connectivity index is 1.06. The molecule has 6 nitrogen and oxygen atoms in total. The van der Waals surface area contributed by atoms with E-state index in [0.717, 1.165) is 35.4 Å². The van der Waals surface area contributed by atoms with Gasteiger partial charge in [-0.05, 0) is 42.0 Å². The smallest absolute Gasteiger partial charge is 0.416 e. The maximum atomic E-state index is 13.0. The third-order valence-electron chi connectivity index (χ3n) is 8.40. The van der Waals surface area contributed by atoms with Crippen molar-refractivity contribution in [2.75, 3.05) is 32.7 Å². The lowest BCUT2D eigenvalue weighted by atomic mass is 9.90. The van der Waals surface area contributed by atoms with Crippen LogP contribution in [-0.4, -0.2) is 66.3 Å². The molecule has 2 heterocycles. The minimum Gasteiger partial charge on any atom is -0.441 e. The highest BCUT2D eigenvalue weighted by molar-refractivity contribution is 5.81. The normalized spacial score (nSPS) is 24.1. The highest BCUT2D eigenvalue weighted by atomic mass is 19.4. The molecule has 0 aromatic heterocycles. The summed E-state index contributed by atoms with van der Waals surface area (Å²) in [6.07, 6.45) is 2.00. The first-order chi connectivity index (χ1) is 20.3. The van der Waals surface area contributed by atoms with Gasteiger partial charge in [0.05, 0.1) is 23.6 Å². The number of hydrogen-bond donors (Lipinski definition) is 1. The van der Waals surface area contributed by atoms with Gasteiger partial charge >= 0.3 is 18.4 Å². The van der Waals surface area contributed by atoms with Crippen molar-refractivity contribution in [3.8, 4) is 0 Å². The molecule has 2 fully saturated rings. The van der Waals surface area contributed by atoms with Crippen LogP contribution in [0.2, 0.25) is 0 Å². The number of hydrogen-bond acceptors (Lipinski definition) is 4. The summed E-state index contributed by atoms with van der Waals surface area (Å²) in [6.45, 7) is 2.69. The summed E-state index contributed by atoms with van der Waals surface area (Å²) in [6, 6.07) is 5.15. The van der Waals surface area contributed by atoms with Gasteiger partial charge in [0.25, 0.3) is 0 Å². The van der Waals surface area contributed by atoms with E-state index in [1.54, 1.807) is 17.1 Å². The van der Waals surface area contributed by atoms with Crippen LogP contribution in [-0.2, 0) is 22.3 Å². The molecular formula is C31H33F6N3O3. The fraction of sp³-hybridized carbons (Fsp3) is 0.484. The van der Waals surface area contributed by atoms with Crippen LogP contribution >= 0.6 is 0 Å². The predicted molar refractivity (Wildman–Crippen MR) is 146 cm³/mol. The SMILES string of the molecule is O=C(NCC1C=C(C(F)(F)F)C=CC1)C1C=CC(CN2CC3(CCN(Cc4ccc(C(F)(F)F)cc4)CC3)OC2=O)=CC1. The van der Waals surface area contributed by atoms with Gasteiger partial charge in [0, 0.05) is 45.6 Å². The van der Waals surface area contributed by atoms with E-state index in [0.29, 0.717) is 58.4 Å². The van der Waals surface area contributed by atoms with E-state index in [-0.39, 0.29) is 12.5 Å². The lowest BCUT2D eigenvalue weighted by Crippen LogP contribution is -2.46. The molecule has 2 aliphatic carbocycles. The fourth-order valence-electron chi connectivity index (χ4n) is 5.89. The number of carbonyl (C=O) groups is 2. The molecule has 2 amide bonds. The minimum absolute atomic E-state index is 0.118. The van der Waals surface area contributed by atoms with Crippen LogP contribution in [0.15, 0.2) is 71.9 Å². The van der Waals surface area contributed by atoms with Crippen molar-refractivity contribution in [2.45, 2.75) is 50.2 Å². The third-order valence-corrected chi connectivity index (χ3v) is 8.40. The van der Waals surface area contributed by atoms with E-state index in [9.17, 15) is 35.9 Å². The van der Waals surface area contributed by atoms with E-state index >= 15 is 0 Å². The van der Waals surface area contributed by atoms with Gasteiger partial charge in [0.2, 0.25) is 5.91 Å². The number of benzene rings is 1.